The van der Waals surface area contributed by atoms with E-state index in [1.54, 1.807) is 7.05 Å². The van der Waals surface area contributed by atoms with Crippen molar-refractivity contribution in [3.05, 3.63) is 29.8 Å². The van der Waals surface area contributed by atoms with Crippen LogP contribution in [0.15, 0.2) is 23.2 Å². The van der Waals surface area contributed by atoms with E-state index in [0.717, 1.165) is 51.2 Å². The summed E-state index contributed by atoms with van der Waals surface area (Å²) in [4.78, 5) is 6.17. The number of rotatable bonds is 8. The van der Waals surface area contributed by atoms with Gasteiger partial charge in [0.15, 0.2) is 5.96 Å². The topological polar surface area (TPSA) is 48.9 Å². The number of ether oxygens (including phenoxy) is 1. The fourth-order valence-electron chi connectivity index (χ4n) is 2.92. The molecule has 2 rings (SSSR count). The molecule has 1 atom stereocenters. The van der Waals surface area contributed by atoms with Gasteiger partial charge in [-0.1, -0.05) is 13.8 Å². The van der Waals surface area contributed by atoms with Gasteiger partial charge >= 0.3 is 0 Å². The van der Waals surface area contributed by atoms with E-state index < -0.39 is 11.6 Å². The van der Waals surface area contributed by atoms with Crippen LogP contribution < -0.4 is 15.5 Å². The van der Waals surface area contributed by atoms with Gasteiger partial charge in [0.2, 0.25) is 0 Å². The van der Waals surface area contributed by atoms with Crippen LogP contribution in [0.2, 0.25) is 0 Å². The van der Waals surface area contributed by atoms with Crippen LogP contribution in [0.4, 0.5) is 14.5 Å². The number of anilines is 1. The van der Waals surface area contributed by atoms with Gasteiger partial charge in [0.05, 0.1) is 5.69 Å². The van der Waals surface area contributed by atoms with Crippen LogP contribution in [0.1, 0.15) is 26.7 Å². The molecule has 1 fully saturated rings. The third-order valence-electron chi connectivity index (χ3n) is 4.21. The highest BCUT2D eigenvalue weighted by Gasteiger charge is 2.25. The average molecular weight is 368 g/mol. The van der Waals surface area contributed by atoms with E-state index in [1.165, 1.54) is 12.1 Å². The van der Waals surface area contributed by atoms with Crippen molar-refractivity contribution in [1.29, 1.82) is 0 Å². The van der Waals surface area contributed by atoms with Crippen LogP contribution in [0.5, 0.6) is 0 Å². The third kappa shape index (κ3) is 6.44. The monoisotopic (exact) mass is 368 g/mol. The number of hydrogen-bond acceptors (Lipinski definition) is 3. The Morgan fingerprint density at radius 2 is 2.19 bits per heavy atom. The summed E-state index contributed by atoms with van der Waals surface area (Å²) in [5, 5.41) is 6.64. The zero-order valence-electron chi connectivity index (χ0n) is 15.9. The summed E-state index contributed by atoms with van der Waals surface area (Å²) in [7, 11) is 1.73. The maximum absolute atomic E-state index is 13.9. The number of halogens is 2. The van der Waals surface area contributed by atoms with Gasteiger partial charge in [0.25, 0.3) is 0 Å². The highest BCUT2D eigenvalue weighted by molar-refractivity contribution is 5.80. The van der Waals surface area contributed by atoms with Crippen molar-refractivity contribution in [3.63, 3.8) is 0 Å². The molecule has 0 spiro atoms. The molecule has 1 unspecified atom stereocenters. The van der Waals surface area contributed by atoms with Gasteiger partial charge in [-0.05, 0) is 30.9 Å². The first-order valence-electron chi connectivity index (χ1n) is 9.24. The summed E-state index contributed by atoms with van der Waals surface area (Å²) >= 11 is 0. The predicted octanol–water partition coefficient (Wildman–Crippen LogP) is 2.77. The molecule has 2 N–H and O–H groups in total. The molecule has 0 aromatic heterocycles. The molecule has 0 radical (unpaired) electrons. The molecule has 1 saturated heterocycles. The molecule has 0 bridgehead atoms. The first kappa shape index (κ1) is 20.4. The molecule has 1 aliphatic rings. The van der Waals surface area contributed by atoms with Gasteiger partial charge in [0, 0.05) is 52.0 Å². The molecule has 0 amide bonds. The Labute approximate surface area is 154 Å². The van der Waals surface area contributed by atoms with Crippen LogP contribution in [-0.2, 0) is 4.74 Å². The SMILES string of the molecule is CN=C(NCCCOCC(C)C)NC1CCN(c2ccc(F)cc2F)C1. The fourth-order valence-corrected chi connectivity index (χ4v) is 2.92. The van der Waals surface area contributed by atoms with Gasteiger partial charge in [-0.25, -0.2) is 8.78 Å². The van der Waals surface area contributed by atoms with E-state index in [9.17, 15) is 8.78 Å². The fraction of sp³-hybridized carbons (Fsp3) is 0.632. The normalized spacial score (nSPS) is 17.8. The number of hydrogen-bond donors (Lipinski definition) is 2. The van der Waals surface area contributed by atoms with Crippen molar-refractivity contribution in [2.45, 2.75) is 32.7 Å². The van der Waals surface area contributed by atoms with E-state index in [1.807, 2.05) is 4.90 Å². The minimum absolute atomic E-state index is 0.169. The first-order chi connectivity index (χ1) is 12.5. The predicted molar refractivity (Wildman–Crippen MR) is 102 cm³/mol. The Morgan fingerprint density at radius 3 is 2.88 bits per heavy atom. The number of guanidine groups is 1. The lowest BCUT2D eigenvalue weighted by molar-refractivity contribution is 0.108. The smallest absolute Gasteiger partial charge is 0.191 e. The Morgan fingerprint density at radius 1 is 1.38 bits per heavy atom. The number of benzene rings is 1. The molecular formula is C19H30F2N4O. The van der Waals surface area contributed by atoms with Gasteiger partial charge < -0.3 is 20.3 Å². The number of aliphatic imine (C=N–C) groups is 1. The zero-order chi connectivity index (χ0) is 18.9. The second-order valence-electron chi connectivity index (χ2n) is 6.99. The molecule has 5 nitrogen and oxygen atoms in total. The second-order valence-corrected chi connectivity index (χ2v) is 6.99. The van der Waals surface area contributed by atoms with Crippen LogP contribution in [-0.4, -0.2) is 51.9 Å². The Bertz CT molecular complexity index is 595. The Balaban J connectivity index is 1.72. The van der Waals surface area contributed by atoms with Crippen LogP contribution >= 0.6 is 0 Å². The summed E-state index contributed by atoms with van der Waals surface area (Å²) in [6, 6.07) is 3.89. The van der Waals surface area contributed by atoms with Crippen molar-refractivity contribution in [2.24, 2.45) is 10.9 Å². The summed E-state index contributed by atoms with van der Waals surface area (Å²) in [6.07, 6.45) is 1.78. The van der Waals surface area contributed by atoms with Crippen LogP contribution in [0, 0.1) is 17.6 Å². The molecule has 1 aromatic carbocycles. The lowest BCUT2D eigenvalue weighted by Gasteiger charge is -2.21. The molecule has 7 heteroatoms. The van der Waals surface area contributed by atoms with E-state index in [2.05, 4.69) is 29.5 Å². The minimum Gasteiger partial charge on any atom is -0.381 e. The largest absolute Gasteiger partial charge is 0.381 e. The maximum Gasteiger partial charge on any atom is 0.191 e. The van der Waals surface area contributed by atoms with E-state index in [-0.39, 0.29) is 6.04 Å². The van der Waals surface area contributed by atoms with Gasteiger partial charge in [-0.3, -0.25) is 4.99 Å². The Hall–Kier alpha value is -1.89. The van der Waals surface area contributed by atoms with Gasteiger partial charge in [0.1, 0.15) is 11.6 Å². The van der Waals surface area contributed by atoms with Crippen molar-refractivity contribution >= 4 is 11.6 Å². The van der Waals surface area contributed by atoms with Crippen molar-refractivity contribution < 1.29 is 13.5 Å². The third-order valence-corrected chi connectivity index (χ3v) is 4.21. The van der Waals surface area contributed by atoms with Crippen LogP contribution in [0.3, 0.4) is 0 Å². The number of nitrogens with zero attached hydrogens (tertiary/aromatic N) is 2. The van der Waals surface area contributed by atoms with Crippen molar-refractivity contribution in [3.8, 4) is 0 Å². The molecule has 146 valence electrons. The minimum atomic E-state index is -0.554. The quantitative estimate of drug-likeness (QED) is 0.421. The van der Waals surface area contributed by atoms with Crippen LogP contribution in [0.25, 0.3) is 0 Å². The molecular weight excluding hydrogens is 338 g/mol. The zero-order valence-corrected chi connectivity index (χ0v) is 15.9. The first-order valence-corrected chi connectivity index (χ1v) is 9.24. The standard InChI is InChI=1S/C19H30F2N4O/c1-14(2)13-26-10-4-8-23-19(22-3)24-16-7-9-25(12-16)18-6-5-15(20)11-17(18)21/h5-6,11,14,16H,4,7-10,12-13H2,1-3H3,(H2,22,23,24). The molecule has 1 heterocycles. The summed E-state index contributed by atoms with van der Waals surface area (Å²) in [5.41, 5.74) is 0.445. The van der Waals surface area contributed by atoms with Crippen molar-refractivity contribution in [1.82, 2.24) is 10.6 Å². The number of nitrogens with one attached hydrogen (secondary N) is 2. The lowest BCUT2D eigenvalue weighted by Crippen LogP contribution is -2.45. The molecule has 1 aliphatic heterocycles. The summed E-state index contributed by atoms with van der Waals surface area (Å²) < 4.78 is 32.5. The average Bonchev–Trinajstić information content (AvgIpc) is 3.04. The maximum atomic E-state index is 13.9. The molecule has 26 heavy (non-hydrogen) atoms. The van der Waals surface area contributed by atoms with E-state index in [0.29, 0.717) is 18.2 Å². The van der Waals surface area contributed by atoms with Gasteiger partial charge in [-0.15, -0.1) is 0 Å². The molecule has 0 saturated carbocycles. The molecule has 0 aliphatic carbocycles. The highest BCUT2D eigenvalue weighted by atomic mass is 19.1. The van der Waals surface area contributed by atoms with Crippen molar-refractivity contribution in [2.75, 3.05) is 44.8 Å². The summed E-state index contributed by atoms with van der Waals surface area (Å²) in [5.74, 6) is 0.214. The van der Waals surface area contributed by atoms with Gasteiger partial charge in [-0.2, -0.15) is 0 Å². The van der Waals surface area contributed by atoms with E-state index >= 15 is 0 Å². The molecule has 1 aromatic rings. The van der Waals surface area contributed by atoms with E-state index in [4.69, 9.17) is 4.74 Å². The highest BCUT2D eigenvalue weighted by Crippen LogP contribution is 2.24. The summed E-state index contributed by atoms with van der Waals surface area (Å²) in [6.45, 7) is 7.93. The lowest BCUT2D eigenvalue weighted by atomic mass is 10.2. The Kier molecular flexibility index (Phi) is 8.09. The second kappa shape index (κ2) is 10.3.